The number of fused-ring (bicyclic) bond motifs is 1. The van der Waals surface area contributed by atoms with Gasteiger partial charge in [0, 0.05) is 42.0 Å². The maximum absolute atomic E-state index is 12.6. The average Bonchev–Trinajstić information content (AvgIpc) is 2.80. The largest absolute Gasteiger partial charge is 0.382 e. The van der Waals surface area contributed by atoms with Crippen LogP contribution in [-0.4, -0.2) is 47.0 Å². The van der Waals surface area contributed by atoms with Gasteiger partial charge in [0.25, 0.3) is 5.91 Å². The minimum atomic E-state index is -0.0659. The minimum Gasteiger partial charge on any atom is -0.382 e. The van der Waals surface area contributed by atoms with Crippen molar-refractivity contribution >= 4 is 22.6 Å². The molecule has 0 aliphatic carbocycles. The standard InChI is InChI=1S/C25H27N5O/c1-18-7-8-20(25(31)28-12-15-30-13-3-2-4-14-30)16-19(18)9-10-21-17-29-24(26)23-22(21)6-5-11-27-23/h5-8,11,16-17H,2-4,12-15H2,1H3,(H2,26,29)(H,28,31). The van der Waals surface area contributed by atoms with Gasteiger partial charge in [-0.2, -0.15) is 0 Å². The molecule has 6 heteroatoms. The van der Waals surface area contributed by atoms with Crippen LogP contribution in [0.1, 0.15) is 46.3 Å². The normalized spacial score (nSPS) is 14.1. The molecule has 0 radical (unpaired) electrons. The van der Waals surface area contributed by atoms with E-state index >= 15 is 0 Å². The molecule has 3 heterocycles. The summed E-state index contributed by atoms with van der Waals surface area (Å²) in [7, 11) is 0. The van der Waals surface area contributed by atoms with E-state index < -0.39 is 0 Å². The highest BCUT2D eigenvalue weighted by Gasteiger charge is 2.11. The summed E-state index contributed by atoms with van der Waals surface area (Å²) in [6.07, 6.45) is 7.17. The molecule has 1 aromatic carbocycles. The van der Waals surface area contributed by atoms with E-state index in [2.05, 4.69) is 32.0 Å². The second-order valence-electron chi connectivity index (χ2n) is 7.89. The molecule has 1 amide bonds. The van der Waals surface area contributed by atoms with Gasteiger partial charge in [-0.1, -0.05) is 24.3 Å². The Morgan fingerprint density at radius 1 is 1.13 bits per heavy atom. The molecule has 3 aromatic rings. The van der Waals surface area contributed by atoms with Crippen molar-refractivity contribution in [2.24, 2.45) is 0 Å². The first-order valence-corrected chi connectivity index (χ1v) is 10.7. The Morgan fingerprint density at radius 2 is 1.94 bits per heavy atom. The van der Waals surface area contributed by atoms with Gasteiger partial charge in [0.05, 0.1) is 5.56 Å². The molecular weight excluding hydrogens is 386 g/mol. The fourth-order valence-electron chi connectivity index (χ4n) is 3.84. The Balaban J connectivity index is 1.49. The third kappa shape index (κ3) is 5.01. The lowest BCUT2D eigenvalue weighted by Crippen LogP contribution is -2.37. The quantitative estimate of drug-likeness (QED) is 0.642. The maximum Gasteiger partial charge on any atom is 0.251 e. The Labute approximate surface area is 182 Å². The number of rotatable bonds is 4. The molecule has 0 spiro atoms. The van der Waals surface area contributed by atoms with Gasteiger partial charge in [-0.05, 0) is 62.7 Å². The summed E-state index contributed by atoms with van der Waals surface area (Å²) in [4.78, 5) is 23.5. The van der Waals surface area contributed by atoms with E-state index in [9.17, 15) is 4.79 Å². The van der Waals surface area contributed by atoms with Gasteiger partial charge in [0.15, 0.2) is 0 Å². The van der Waals surface area contributed by atoms with Gasteiger partial charge in [-0.3, -0.25) is 9.78 Å². The first-order chi connectivity index (χ1) is 15.1. The van der Waals surface area contributed by atoms with Crippen LogP contribution in [0.3, 0.4) is 0 Å². The second-order valence-corrected chi connectivity index (χ2v) is 7.89. The number of benzene rings is 1. The molecule has 0 saturated carbocycles. The summed E-state index contributed by atoms with van der Waals surface area (Å²) < 4.78 is 0. The highest BCUT2D eigenvalue weighted by atomic mass is 16.1. The van der Waals surface area contributed by atoms with Crippen LogP contribution in [0.2, 0.25) is 0 Å². The van der Waals surface area contributed by atoms with Crippen molar-refractivity contribution in [2.75, 3.05) is 31.9 Å². The topological polar surface area (TPSA) is 84.1 Å². The summed E-state index contributed by atoms with van der Waals surface area (Å²) in [5, 5.41) is 3.90. The fourth-order valence-corrected chi connectivity index (χ4v) is 3.84. The molecular formula is C25H27N5O. The van der Waals surface area contributed by atoms with E-state index in [1.54, 1.807) is 12.4 Å². The lowest BCUT2D eigenvalue weighted by molar-refractivity contribution is 0.0946. The van der Waals surface area contributed by atoms with Gasteiger partial charge >= 0.3 is 0 Å². The van der Waals surface area contributed by atoms with Gasteiger partial charge in [0.1, 0.15) is 11.3 Å². The lowest BCUT2D eigenvalue weighted by Gasteiger charge is -2.26. The molecule has 0 atom stereocenters. The minimum absolute atomic E-state index is 0.0659. The molecule has 2 aromatic heterocycles. The first-order valence-electron chi connectivity index (χ1n) is 10.7. The third-order valence-electron chi connectivity index (χ3n) is 5.67. The number of carbonyl (C=O) groups is 1. The SMILES string of the molecule is Cc1ccc(C(=O)NCCN2CCCCC2)cc1C#Cc1cnc(N)c2ncccc12. The number of carbonyl (C=O) groups excluding carboxylic acids is 1. The summed E-state index contributed by atoms with van der Waals surface area (Å²) in [6, 6.07) is 9.42. The van der Waals surface area contributed by atoms with Crippen LogP contribution in [0.15, 0.2) is 42.7 Å². The van der Waals surface area contributed by atoms with Gasteiger partial charge in [0.2, 0.25) is 0 Å². The second kappa shape index (κ2) is 9.59. The van der Waals surface area contributed by atoms with Crippen molar-refractivity contribution in [3.63, 3.8) is 0 Å². The lowest BCUT2D eigenvalue weighted by atomic mass is 10.0. The number of aryl methyl sites for hydroxylation is 1. The number of anilines is 1. The number of pyridine rings is 2. The molecule has 31 heavy (non-hydrogen) atoms. The highest BCUT2D eigenvalue weighted by molar-refractivity contribution is 5.95. The van der Waals surface area contributed by atoms with Crippen LogP contribution in [0.25, 0.3) is 10.9 Å². The van der Waals surface area contributed by atoms with Crippen molar-refractivity contribution in [3.05, 3.63) is 65.0 Å². The van der Waals surface area contributed by atoms with Crippen LogP contribution in [0.5, 0.6) is 0 Å². The van der Waals surface area contributed by atoms with E-state index in [4.69, 9.17) is 5.73 Å². The third-order valence-corrected chi connectivity index (χ3v) is 5.67. The number of hydrogen-bond acceptors (Lipinski definition) is 5. The van der Waals surface area contributed by atoms with Crippen LogP contribution < -0.4 is 11.1 Å². The predicted octanol–water partition coefficient (Wildman–Crippen LogP) is 3.14. The van der Waals surface area contributed by atoms with Crippen molar-refractivity contribution < 1.29 is 4.79 Å². The van der Waals surface area contributed by atoms with E-state index in [0.29, 0.717) is 23.4 Å². The number of piperidine rings is 1. The number of nitrogen functional groups attached to an aromatic ring is 1. The van der Waals surface area contributed by atoms with Gasteiger partial charge in [-0.25, -0.2) is 4.98 Å². The average molecular weight is 414 g/mol. The van der Waals surface area contributed by atoms with Gasteiger partial charge in [-0.15, -0.1) is 0 Å². The number of aromatic nitrogens is 2. The Hall–Kier alpha value is -3.43. The van der Waals surface area contributed by atoms with Gasteiger partial charge < -0.3 is 16.0 Å². The number of likely N-dealkylation sites (tertiary alicyclic amines) is 1. The summed E-state index contributed by atoms with van der Waals surface area (Å²) in [5.74, 6) is 6.70. The predicted molar refractivity (Wildman–Crippen MR) is 124 cm³/mol. The van der Waals surface area contributed by atoms with Crippen molar-refractivity contribution in [2.45, 2.75) is 26.2 Å². The van der Waals surface area contributed by atoms with Crippen LogP contribution >= 0.6 is 0 Å². The van der Waals surface area contributed by atoms with Crippen molar-refractivity contribution in [3.8, 4) is 11.8 Å². The van der Waals surface area contributed by atoms with Crippen molar-refractivity contribution in [1.82, 2.24) is 20.2 Å². The van der Waals surface area contributed by atoms with Crippen LogP contribution in [0.4, 0.5) is 5.82 Å². The smallest absolute Gasteiger partial charge is 0.251 e. The number of hydrogen-bond donors (Lipinski definition) is 2. The highest BCUT2D eigenvalue weighted by Crippen LogP contribution is 2.19. The number of nitrogens with zero attached hydrogens (tertiary/aromatic N) is 3. The number of nitrogens with one attached hydrogen (secondary N) is 1. The molecule has 1 aliphatic heterocycles. The van der Waals surface area contributed by atoms with E-state index in [0.717, 1.165) is 41.7 Å². The number of nitrogens with two attached hydrogens (primary N) is 1. The fraction of sp³-hybridized carbons (Fsp3) is 0.320. The number of amides is 1. The molecule has 1 fully saturated rings. The molecule has 0 unspecified atom stereocenters. The van der Waals surface area contributed by atoms with Crippen LogP contribution in [-0.2, 0) is 0 Å². The molecule has 6 nitrogen and oxygen atoms in total. The van der Waals surface area contributed by atoms with E-state index in [-0.39, 0.29) is 5.91 Å². The zero-order valence-corrected chi connectivity index (χ0v) is 17.8. The zero-order valence-electron chi connectivity index (χ0n) is 17.8. The zero-order chi connectivity index (χ0) is 21.6. The molecule has 1 aliphatic rings. The Bertz CT molecular complexity index is 1160. The monoisotopic (exact) mass is 413 g/mol. The molecule has 3 N–H and O–H groups in total. The Morgan fingerprint density at radius 3 is 2.77 bits per heavy atom. The molecule has 4 rings (SSSR count). The first kappa shape index (κ1) is 20.8. The Kier molecular flexibility index (Phi) is 6.44. The van der Waals surface area contributed by atoms with E-state index in [1.807, 2.05) is 37.3 Å². The van der Waals surface area contributed by atoms with E-state index in [1.165, 1.54) is 19.3 Å². The molecule has 158 valence electrons. The summed E-state index contributed by atoms with van der Waals surface area (Å²) >= 11 is 0. The maximum atomic E-state index is 12.6. The molecule has 0 bridgehead atoms. The van der Waals surface area contributed by atoms with Crippen LogP contribution in [0, 0.1) is 18.8 Å². The van der Waals surface area contributed by atoms with Crippen molar-refractivity contribution in [1.29, 1.82) is 0 Å². The molecule has 1 saturated heterocycles. The summed E-state index contributed by atoms with van der Waals surface area (Å²) in [6.45, 7) is 5.80. The summed E-state index contributed by atoms with van der Waals surface area (Å²) in [5.41, 5.74) is 9.79.